The van der Waals surface area contributed by atoms with Crippen LogP contribution in [0, 0.1) is 6.92 Å². The summed E-state index contributed by atoms with van der Waals surface area (Å²) in [6.07, 6.45) is -0.269. The molecule has 1 aromatic carbocycles. The molecule has 0 saturated heterocycles. The van der Waals surface area contributed by atoms with E-state index in [1.165, 1.54) is 0 Å². The predicted molar refractivity (Wildman–Crippen MR) is 102 cm³/mol. The SMILES string of the molecule is Cc1nn(-c2ccccc2)c2nc3c(cc12)C(=O)N[C@@H](c1cccs1)N3. The molecule has 1 aliphatic rings. The predicted octanol–water partition coefficient (Wildman–Crippen LogP) is 3.64. The molecule has 7 heteroatoms. The number of pyridine rings is 1. The molecule has 2 N–H and O–H groups in total. The van der Waals surface area contributed by atoms with E-state index >= 15 is 0 Å². The molecule has 0 unspecified atom stereocenters. The summed E-state index contributed by atoms with van der Waals surface area (Å²) < 4.78 is 1.82. The summed E-state index contributed by atoms with van der Waals surface area (Å²) in [6, 6.07) is 15.7. The number of carbonyl (C=O) groups excluding carboxylic acids is 1. The van der Waals surface area contributed by atoms with Crippen LogP contribution in [0.4, 0.5) is 5.82 Å². The van der Waals surface area contributed by atoms with Gasteiger partial charge in [0.1, 0.15) is 12.0 Å². The van der Waals surface area contributed by atoms with Gasteiger partial charge >= 0.3 is 0 Å². The largest absolute Gasteiger partial charge is 0.345 e. The summed E-state index contributed by atoms with van der Waals surface area (Å²) in [6.45, 7) is 1.93. The second kappa shape index (κ2) is 5.67. The molecular weight excluding hydrogens is 346 g/mol. The van der Waals surface area contributed by atoms with Gasteiger partial charge in [-0.3, -0.25) is 4.79 Å². The molecule has 0 spiro atoms. The van der Waals surface area contributed by atoms with Gasteiger partial charge in [0, 0.05) is 10.3 Å². The Bertz CT molecular complexity index is 1120. The molecule has 0 saturated carbocycles. The molecular formula is C19H15N5OS. The number of benzene rings is 1. The first-order valence-corrected chi connectivity index (χ1v) is 9.15. The van der Waals surface area contributed by atoms with Gasteiger partial charge in [-0.15, -0.1) is 11.3 Å². The lowest BCUT2D eigenvalue weighted by Crippen LogP contribution is -2.38. The van der Waals surface area contributed by atoms with Crippen LogP contribution in [0.5, 0.6) is 0 Å². The van der Waals surface area contributed by atoms with Crippen LogP contribution in [0.25, 0.3) is 16.7 Å². The lowest BCUT2D eigenvalue weighted by Gasteiger charge is -2.26. The van der Waals surface area contributed by atoms with Crippen LogP contribution in [-0.2, 0) is 0 Å². The van der Waals surface area contributed by atoms with Gasteiger partial charge in [-0.05, 0) is 36.6 Å². The maximum atomic E-state index is 12.6. The summed E-state index contributed by atoms with van der Waals surface area (Å²) in [5, 5.41) is 13.8. The molecule has 3 aromatic heterocycles. The highest BCUT2D eigenvalue weighted by Crippen LogP contribution is 2.31. The van der Waals surface area contributed by atoms with E-state index in [0.717, 1.165) is 27.3 Å². The fraction of sp³-hybridized carbons (Fsp3) is 0.105. The summed E-state index contributed by atoms with van der Waals surface area (Å²) >= 11 is 1.59. The maximum Gasteiger partial charge on any atom is 0.256 e. The zero-order valence-corrected chi connectivity index (χ0v) is 14.7. The number of thiophene rings is 1. The average molecular weight is 361 g/mol. The van der Waals surface area contributed by atoms with Crippen molar-refractivity contribution >= 4 is 34.1 Å². The highest BCUT2D eigenvalue weighted by molar-refractivity contribution is 7.10. The number of aromatic nitrogens is 3. The molecule has 1 atom stereocenters. The lowest BCUT2D eigenvalue weighted by atomic mass is 10.1. The fourth-order valence-corrected chi connectivity index (χ4v) is 3.92. The van der Waals surface area contributed by atoms with Crippen molar-refractivity contribution in [3.8, 4) is 5.69 Å². The smallest absolute Gasteiger partial charge is 0.256 e. The molecule has 1 aliphatic heterocycles. The molecule has 26 heavy (non-hydrogen) atoms. The van der Waals surface area contributed by atoms with Crippen LogP contribution in [0.3, 0.4) is 0 Å². The number of rotatable bonds is 2. The van der Waals surface area contributed by atoms with E-state index < -0.39 is 0 Å². The monoisotopic (exact) mass is 361 g/mol. The second-order valence-electron chi connectivity index (χ2n) is 6.15. The number of amides is 1. The van der Waals surface area contributed by atoms with E-state index in [4.69, 9.17) is 4.98 Å². The Morgan fingerprint density at radius 1 is 1.12 bits per heavy atom. The van der Waals surface area contributed by atoms with Gasteiger partial charge in [0.05, 0.1) is 16.9 Å². The lowest BCUT2D eigenvalue weighted by molar-refractivity contribution is 0.0936. The summed E-state index contributed by atoms with van der Waals surface area (Å²) in [5.74, 6) is 0.454. The Kier molecular flexibility index (Phi) is 3.29. The molecule has 4 heterocycles. The maximum absolute atomic E-state index is 12.6. The summed E-state index contributed by atoms with van der Waals surface area (Å²) in [4.78, 5) is 18.4. The number of aryl methyl sites for hydroxylation is 1. The van der Waals surface area contributed by atoms with E-state index in [1.807, 2.05) is 65.5 Å². The van der Waals surface area contributed by atoms with Crippen LogP contribution in [0.2, 0.25) is 0 Å². The number of anilines is 1. The van der Waals surface area contributed by atoms with Gasteiger partial charge in [-0.25, -0.2) is 9.67 Å². The Hall–Kier alpha value is -3.19. The van der Waals surface area contributed by atoms with E-state index in [1.54, 1.807) is 11.3 Å². The van der Waals surface area contributed by atoms with Crippen molar-refractivity contribution in [2.45, 2.75) is 13.1 Å². The number of nitrogens with zero attached hydrogens (tertiary/aromatic N) is 3. The first-order chi connectivity index (χ1) is 12.7. The molecule has 5 rings (SSSR count). The average Bonchev–Trinajstić information content (AvgIpc) is 3.30. The normalized spacial score (nSPS) is 16.2. The number of fused-ring (bicyclic) bond motifs is 2. The quantitative estimate of drug-likeness (QED) is 0.572. The summed E-state index contributed by atoms with van der Waals surface area (Å²) in [5.41, 5.74) is 3.06. The molecule has 1 amide bonds. The van der Waals surface area contributed by atoms with Crippen molar-refractivity contribution in [2.24, 2.45) is 0 Å². The highest BCUT2D eigenvalue weighted by Gasteiger charge is 2.28. The molecule has 6 nitrogen and oxygen atoms in total. The van der Waals surface area contributed by atoms with Crippen LogP contribution >= 0.6 is 11.3 Å². The topological polar surface area (TPSA) is 71.8 Å². The third kappa shape index (κ3) is 2.28. The third-order valence-corrected chi connectivity index (χ3v) is 5.41. The van der Waals surface area contributed by atoms with E-state index in [2.05, 4.69) is 15.7 Å². The van der Waals surface area contributed by atoms with Crippen LogP contribution in [-0.4, -0.2) is 20.7 Å². The molecule has 0 bridgehead atoms. The second-order valence-corrected chi connectivity index (χ2v) is 7.13. The van der Waals surface area contributed by atoms with Gasteiger partial charge in [0.15, 0.2) is 5.65 Å². The van der Waals surface area contributed by atoms with Gasteiger partial charge < -0.3 is 10.6 Å². The Balaban J connectivity index is 1.67. The number of carbonyl (C=O) groups is 1. The standard InChI is InChI=1S/C19H15N5OS/c1-11-13-10-14-16(20-17(22-19(14)25)15-8-5-9-26-15)21-18(13)24(23-11)12-6-3-2-4-7-12/h2-10,17H,1H3,(H,20,21)(H,22,25)/t17-/m0/s1. The molecule has 0 radical (unpaired) electrons. The van der Waals surface area contributed by atoms with E-state index in [9.17, 15) is 4.79 Å². The Labute approximate surface area is 153 Å². The minimum Gasteiger partial charge on any atom is -0.345 e. The first-order valence-electron chi connectivity index (χ1n) is 8.27. The third-order valence-electron chi connectivity index (χ3n) is 4.47. The molecule has 0 fully saturated rings. The van der Waals surface area contributed by atoms with Crippen LogP contribution in [0.15, 0.2) is 53.9 Å². The number of hydrogen-bond acceptors (Lipinski definition) is 5. The first kappa shape index (κ1) is 15.1. The fourth-order valence-electron chi connectivity index (χ4n) is 3.19. The van der Waals surface area contributed by atoms with Gasteiger partial charge in [-0.1, -0.05) is 24.3 Å². The van der Waals surface area contributed by atoms with Gasteiger partial charge in [-0.2, -0.15) is 5.10 Å². The molecule has 0 aliphatic carbocycles. The number of nitrogens with one attached hydrogen (secondary N) is 2. The highest BCUT2D eigenvalue weighted by atomic mass is 32.1. The Morgan fingerprint density at radius 2 is 1.96 bits per heavy atom. The number of hydrogen-bond donors (Lipinski definition) is 2. The Morgan fingerprint density at radius 3 is 2.73 bits per heavy atom. The van der Waals surface area contributed by atoms with Crippen molar-refractivity contribution in [1.82, 2.24) is 20.1 Å². The van der Waals surface area contributed by atoms with Crippen molar-refractivity contribution in [1.29, 1.82) is 0 Å². The van der Waals surface area contributed by atoms with E-state index in [-0.39, 0.29) is 12.1 Å². The van der Waals surface area contributed by atoms with Crippen molar-refractivity contribution in [3.63, 3.8) is 0 Å². The van der Waals surface area contributed by atoms with Crippen LogP contribution < -0.4 is 10.6 Å². The van der Waals surface area contributed by atoms with Crippen molar-refractivity contribution in [2.75, 3.05) is 5.32 Å². The molecule has 128 valence electrons. The zero-order chi connectivity index (χ0) is 17.7. The van der Waals surface area contributed by atoms with E-state index in [0.29, 0.717) is 11.4 Å². The minimum atomic E-state index is -0.269. The van der Waals surface area contributed by atoms with Gasteiger partial charge in [0.25, 0.3) is 5.91 Å². The minimum absolute atomic E-state index is 0.126. The van der Waals surface area contributed by atoms with Crippen molar-refractivity contribution in [3.05, 3.63) is 70.0 Å². The van der Waals surface area contributed by atoms with Crippen LogP contribution in [0.1, 0.15) is 27.1 Å². The molecule has 4 aromatic rings. The van der Waals surface area contributed by atoms with Gasteiger partial charge in [0.2, 0.25) is 0 Å². The summed E-state index contributed by atoms with van der Waals surface area (Å²) in [7, 11) is 0. The number of para-hydroxylation sites is 1. The zero-order valence-electron chi connectivity index (χ0n) is 13.9. The van der Waals surface area contributed by atoms with Crippen molar-refractivity contribution < 1.29 is 4.79 Å².